The van der Waals surface area contributed by atoms with E-state index < -0.39 is 0 Å². The first-order valence-electron chi connectivity index (χ1n) is 9.88. The van der Waals surface area contributed by atoms with E-state index in [1.165, 1.54) is 34.2 Å². The number of rotatable bonds is 7. The van der Waals surface area contributed by atoms with Crippen LogP contribution in [0.3, 0.4) is 0 Å². The third-order valence-electron chi connectivity index (χ3n) is 4.94. The van der Waals surface area contributed by atoms with Gasteiger partial charge in [0.05, 0.1) is 5.25 Å². The first-order valence-corrected chi connectivity index (χ1v) is 11.6. The lowest BCUT2D eigenvalue weighted by Crippen LogP contribution is -2.40. The molecule has 0 fully saturated rings. The van der Waals surface area contributed by atoms with Crippen molar-refractivity contribution in [3.63, 3.8) is 0 Å². The highest BCUT2D eigenvalue weighted by Crippen LogP contribution is 2.33. The van der Waals surface area contributed by atoms with E-state index in [-0.39, 0.29) is 11.2 Å². The lowest BCUT2D eigenvalue weighted by molar-refractivity contribution is -0.117. The van der Waals surface area contributed by atoms with E-state index >= 15 is 0 Å². The molecule has 150 valence electrons. The quantitative estimate of drug-likeness (QED) is 0.560. The van der Waals surface area contributed by atoms with Crippen LogP contribution < -0.4 is 10.2 Å². The summed E-state index contributed by atoms with van der Waals surface area (Å²) in [6, 6.07) is 18.6. The standard InChI is InChI=1S/C22H24N4OS2/c1-16(20(27)26-15-7-11-18-10-5-6-12-19(18)26)28-22-25-24-21(29-22)23-14-13-17-8-3-2-4-9-17/h2-6,8-10,12,16H,7,11,13-15H2,1H3,(H,23,24)/t16-/m1/s1. The van der Waals surface area contributed by atoms with Crippen molar-refractivity contribution >= 4 is 39.8 Å². The second-order valence-electron chi connectivity index (χ2n) is 7.02. The number of hydrogen-bond donors (Lipinski definition) is 1. The van der Waals surface area contributed by atoms with Gasteiger partial charge in [-0.3, -0.25) is 4.79 Å². The molecule has 0 unspecified atom stereocenters. The summed E-state index contributed by atoms with van der Waals surface area (Å²) in [7, 11) is 0. The van der Waals surface area contributed by atoms with Gasteiger partial charge in [0.2, 0.25) is 11.0 Å². The predicted molar refractivity (Wildman–Crippen MR) is 121 cm³/mol. The maximum absolute atomic E-state index is 13.0. The number of carbonyl (C=O) groups is 1. The van der Waals surface area contributed by atoms with Gasteiger partial charge in [0.15, 0.2) is 4.34 Å². The zero-order valence-electron chi connectivity index (χ0n) is 16.4. The summed E-state index contributed by atoms with van der Waals surface area (Å²) >= 11 is 2.99. The lowest BCUT2D eigenvalue weighted by Gasteiger charge is -2.31. The van der Waals surface area contributed by atoms with Crippen LogP contribution in [-0.4, -0.2) is 34.4 Å². The summed E-state index contributed by atoms with van der Waals surface area (Å²) in [6.45, 7) is 3.54. The van der Waals surface area contributed by atoms with Crippen molar-refractivity contribution in [2.24, 2.45) is 0 Å². The number of anilines is 2. The van der Waals surface area contributed by atoms with Gasteiger partial charge >= 0.3 is 0 Å². The molecule has 29 heavy (non-hydrogen) atoms. The molecule has 4 rings (SSSR count). The zero-order valence-corrected chi connectivity index (χ0v) is 18.0. The Hall–Kier alpha value is -2.38. The fraction of sp³-hybridized carbons (Fsp3) is 0.318. The van der Waals surface area contributed by atoms with Crippen molar-refractivity contribution in [1.82, 2.24) is 10.2 Å². The molecule has 3 aromatic rings. The molecular weight excluding hydrogens is 400 g/mol. The molecule has 1 N–H and O–H groups in total. The Bertz CT molecular complexity index is 960. The van der Waals surface area contributed by atoms with Gasteiger partial charge in [-0.15, -0.1) is 10.2 Å². The number of amides is 1. The van der Waals surface area contributed by atoms with Crippen molar-refractivity contribution in [2.75, 3.05) is 23.3 Å². The number of benzene rings is 2. The summed E-state index contributed by atoms with van der Waals surface area (Å²) in [5.74, 6) is 0.135. The molecule has 2 heterocycles. The molecule has 0 saturated carbocycles. The van der Waals surface area contributed by atoms with Gasteiger partial charge in [-0.25, -0.2) is 0 Å². The topological polar surface area (TPSA) is 58.1 Å². The van der Waals surface area contributed by atoms with E-state index in [1.807, 2.05) is 48.2 Å². The van der Waals surface area contributed by atoms with E-state index in [4.69, 9.17) is 0 Å². The number of nitrogens with zero attached hydrogens (tertiary/aromatic N) is 3. The molecule has 0 saturated heterocycles. The third-order valence-corrected chi connectivity index (χ3v) is 6.99. The van der Waals surface area contributed by atoms with Crippen molar-refractivity contribution in [3.05, 3.63) is 65.7 Å². The summed E-state index contributed by atoms with van der Waals surface area (Å²) in [4.78, 5) is 15.0. The number of aromatic nitrogens is 2. The fourth-order valence-electron chi connectivity index (χ4n) is 3.47. The van der Waals surface area contributed by atoms with Crippen LogP contribution in [0.15, 0.2) is 58.9 Å². The van der Waals surface area contributed by atoms with Crippen LogP contribution in [0.1, 0.15) is 24.5 Å². The Balaban J connectivity index is 1.32. The molecule has 2 aromatic carbocycles. The van der Waals surface area contributed by atoms with Crippen molar-refractivity contribution in [1.29, 1.82) is 0 Å². The van der Waals surface area contributed by atoms with Crippen molar-refractivity contribution in [3.8, 4) is 0 Å². The van der Waals surface area contributed by atoms with Gasteiger partial charge in [-0.05, 0) is 43.4 Å². The summed E-state index contributed by atoms with van der Waals surface area (Å²) in [5.41, 5.74) is 3.60. The maximum atomic E-state index is 13.0. The second kappa shape index (κ2) is 9.41. The smallest absolute Gasteiger partial charge is 0.240 e. The normalized spacial score (nSPS) is 14.3. The Kier molecular flexibility index (Phi) is 6.46. The second-order valence-corrected chi connectivity index (χ2v) is 9.58. The van der Waals surface area contributed by atoms with Crippen LogP contribution in [-0.2, 0) is 17.6 Å². The van der Waals surface area contributed by atoms with Crippen LogP contribution in [0.5, 0.6) is 0 Å². The first kappa shape index (κ1) is 19.9. The summed E-state index contributed by atoms with van der Waals surface area (Å²) in [6.07, 6.45) is 2.98. The van der Waals surface area contributed by atoms with E-state index in [1.54, 1.807) is 0 Å². The Morgan fingerprint density at radius 3 is 2.83 bits per heavy atom. The zero-order chi connectivity index (χ0) is 20.1. The SMILES string of the molecule is C[C@@H](Sc1nnc(NCCc2ccccc2)s1)C(=O)N1CCCc2ccccc21. The number of hydrogen-bond acceptors (Lipinski definition) is 6. The predicted octanol–water partition coefficient (Wildman–Crippen LogP) is 4.65. The van der Waals surface area contributed by atoms with E-state index in [0.29, 0.717) is 0 Å². The minimum absolute atomic E-state index is 0.135. The maximum Gasteiger partial charge on any atom is 0.240 e. The van der Waals surface area contributed by atoms with Crippen molar-refractivity contribution < 1.29 is 4.79 Å². The molecule has 7 heteroatoms. The summed E-state index contributed by atoms with van der Waals surface area (Å²) in [5, 5.41) is 12.4. The molecule has 5 nitrogen and oxygen atoms in total. The van der Waals surface area contributed by atoms with Crippen LogP contribution in [0.2, 0.25) is 0 Å². The molecule has 0 spiro atoms. The molecule has 0 bridgehead atoms. The number of para-hydroxylation sites is 1. The lowest BCUT2D eigenvalue weighted by atomic mass is 10.0. The molecule has 1 aromatic heterocycles. The average molecular weight is 425 g/mol. The number of nitrogens with one attached hydrogen (secondary N) is 1. The molecule has 1 aliphatic rings. The number of carbonyl (C=O) groups excluding carboxylic acids is 1. The number of fused-ring (bicyclic) bond motifs is 1. The van der Waals surface area contributed by atoms with E-state index in [9.17, 15) is 4.79 Å². The van der Waals surface area contributed by atoms with Crippen LogP contribution in [0.25, 0.3) is 0 Å². The largest absolute Gasteiger partial charge is 0.360 e. The Morgan fingerprint density at radius 1 is 1.17 bits per heavy atom. The summed E-state index contributed by atoms with van der Waals surface area (Å²) < 4.78 is 0.818. The van der Waals surface area contributed by atoms with Gasteiger partial charge in [0.1, 0.15) is 0 Å². The molecule has 1 aliphatic heterocycles. The van der Waals surface area contributed by atoms with Crippen molar-refractivity contribution in [2.45, 2.75) is 35.8 Å². The first-order chi connectivity index (χ1) is 14.2. The minimum Gasteiger partial charge on any atom is -0.360 e. The van der Waals surface area contributed by atoms with E-state index in [2.05, 4.69) is 33.7 Å². The monoisotopic (exact) mass is 424 g/mol. The average Bonchev–Trinajstić information content (AvgIpc) is 3.20. The van der Waals surface area contributed by atoms with Gasteiger partial charge in [-0.2, -0.15) is 0 Å². The van der Waals surface area contributed by atoms with Crippen LogP contribution >= 0.6 is 23.1 Å². The van der Waals surface area contributed by atoms with Gasteiger partial charge in [-0.1, -0.05) is 71.6 Å². The highest BCUT2D eigenvalue weighted by atomic mass is 32.2. The van der Waals surface area contributed by atoms with Crippen LogP contribution in [0.4, 0.5) is 10.8 Å². The number of thioether (sulfide) groups is 1. The number of aryl methyl sites for hydroxylation is 1. The van der Waals surface area contributed by atoms with Crippen LogP contribution in [0, 0.1) is 0 Å². The highest BCUT2D eigenvalue weighted by Gasteiger charge is 2.27. The third kappa shape index (κ3) is 4.97. The molecule has 0 radical (unpaired) electrons. The highest BCUT2D eigenvalue weighted by molar-refractivity contribution is 8.02. The molecule has 0 aliphatic carbocycles. The van der Waals surface area contributed by atoms with Gasteiger partial charge in [0, 0.05) is 18.8 Å². The van der Waals surface area contributed by atoms with Gasteiger partial charge in [0.25, 0.3) is 0 Å². The van der Waals surface area contributed by atoms with E-state index in [0.717, 1.165) is 47.5 Å². The molecule has 1 atom stereocenters. The van der Waals surface area contributed by atoms with Gasteiger partial charge < -0.3 is 10.2 Å². The Labute approximate surface area is 179 Å². The fourth-order valence-corrected chi connectivity index (χ4v) is 5.45. The Morgan fingerprint density at radius 2 is 1.97 bits per heavy atom. The molecular formula is C22H24N4OS2. The minimum atomic E-state index is -0.203. The molecule has 1 amide bonds.